The van der Waals surface area contributed by atoms with Gasteiger partial charge in [-0.2, -0.15) is 0 Å². The fraction of sp³-hybridized carbons (Fsp3) is 0.877. The summed E-state index contributed by atoms with van der Waals surface area (Å²) in [4.78, 5) is 38.4. The molecule has 464 valence electrons. The van der Waals surface area contributed by atoms with Crippen molar-refractivity contribution in [3.8, 4) is 0 Å². The van der Waals surface area contributed by atoms with Crippen LogP contribution in [-0.4, -0.2) is 37.2 Å². The molecule has 0 aromatic heterocycles. The maximum atomic E-state index is 12.9. The largest absolute Gasteiger partial charge is 0.462 e. The summed E-state index contributed by atoms with van der Waals surface area (Å²) in [6, 6.07) is 0. The van der Waals surface area contributed by atoms with Crippen LogP contribution in [-0.2, 0) is 28.6 Å². The van der Waals surface area contributed by atoms with Crippen molar-refractivity contribution in [2.24, 2.45) is 0 Å². The fourth-order valence-corrected chi connectivity index (χ4v) is 10.8. The van der Waals surface area contributed by atoms with Crippen LogP contribution < -0.4 is 0 Å². The Hall–Kier alpha value is -2.37. The zero-order valence-electron chi connectivity index (χ0n) is 53.4. The van der Waals surface area contributed by atoms with Gasteiger partial charge in [-0.1, -0.05) is 353 Å². The summed E-state index contributed by atoms with van der Waals surface area (Å²) in [5, 5.41) is 0. The van der Waals surface area contributed by atoms with Crippen molar-refractivity contribution in [1.82, 2.24) is 0 Å². The molecule has 0 heterocycles. The summed E-state index contributed by atoms with van der Waals surface area (Å²) in [6.07, 6.45) is 84.7. The Morgan fingerprint density at radius 2 is 0.456 bits per heavy atom. The highest BCUT2D eigenvalue weighted by Crippen LogP contribution is 2.19. The van der Waals surface area contributed by atoms with Crippen LogP contribution in [0.4, 0.5) is 0 Å². The van der Waals surface area contributed by atoms with E-state index >= 15 is 0 Å². The molecule has 0 bridgehead atoms. The lowest BCUT2D eigenvalue weighted by atomic mass is 10.0. The summed E-state index contributed by atoms with van der Waals surface area (Å²) in [5.74, 6) is -0.850. The van der Waals surface area contributed by atoms with Crippen LogP contribution in [0.25, 0.3) is 0 Å². The second-order valence-corrected chi connectivity index (χ2v) is 24.2. The maximum Gasteiger partial charge on any atom is 0.306 e. The van der Waals surface area contributed by atoms with Gasteiger partial charge in [0, 0.05) is 19.3 Å². The Balaban J connectivity index is 4.18. The molecule has 0 aromatic carbocycles. The number of unbranched alkanes of at least 4 members (excludes halogenated alkanes) is 49. The predicted octanol–water partition coefficient (Wildman–Crippen LogP) is 24.3. The molecule has 0 amide bonds. The lowest BCUT2D eigenvalue weighted by molar-refractivity contribution is -0.167. The second kappa shape index (κ2) is 68.1. The summed E-state index contributed by atoms with van der Waals surface area (Å²) in [6.45, 7) is 6.69. The van der Waals surface area contributed by atoms with Gasteiger partial charge in [-0.15, -0.1) is 0 Å². The molecule has 0 saturated heterocycles. The van der Waals surface area contributed by atoms with Gasteiger partial charge in [0.2, 0.25) is 0 Å². The summed E-state index contributed by atoms with van der Waals surface area (Å²) in [7, 11) is 0. The van der Waals surface area contributed by atoms with Crippen LogP contribution in [0, 0.1) is 0 Å². The zero-order chi connectivity index (χ0) is 57.1. The Bertz CT molecular complexity index is 1320. The van der Waals surface area contributed by atoms with Crippen LogP contribution in [0.15, 0.2) is 36.5 Å². The minimum Gasteiger partial charge on any atom is -0.462 e. The highest BCUT2D eigenvalue weighted by atomic mass is 16.6. The van der Waals surface area contributed by atoms with Crippen molar-refractivity contribution in [2.75, 3.05) is 13.2 Å². The van der Waals surface area contributed by atoms with E-state index < -0.39 is 6.10 Å². The molecular weight excluding hydrogens is 973 g/mol. The Morgan fingerprint density at radius 3 is 0.709 bits per heavy atom. The van der Waals surface area contributed by atoms with E-state index in [4.69, 9.17) is 14.2 Å². The number of hydrogen-bond donors (Lipinski definition) is 0. The number of ether oxygens (including phenoxy) is 3. The first-order valence-corrected chi connectivity index (χ1v) is 35.5. The van der Waals surface area contributed by atoms with Gasteiger partial charge in [0.1, 0.15) is 13.2 Å². The van der Waals surface area contributed by atoms with Gasteiger partial charge in [-0.05, 0) is 57.8 Å². The number of esters is 3. The molecule has 6 heteroatoms. The molecular formula is C73H136O6. The molecule has 0 aliphatic heterocycles. The van der Waals surface area contributed by atoms with Crippen molar-refractivity contribution in [3.63, 3.8) is 0 Å². The number of rotatable bonds is 66. The second-order valence-electron chi connectivity index (χ2n) is 24.2. The Kier molecular flexibility index (Phi) is 66.1. The molecule has 0 spiro atoms. The van der Waals surface area contributed by atoms with Crippen molar-refractivity contribution in [2.45, 2.75) is 399 Å². The smallest absolute Gasteiger partial charge is 0.306 e. The first-order chi connectivity index (χ1) is 39.0. The maximum absolute atomic E-state index is 12.9. The third kappa shape index (κ3) is 66.3. The van der Waals surface area contributed by atoms with E-state index in [9.17, 15) is 14.4 Å². The first-order valence-electron chi connectivity index (χ1n) is 35.5. The average Bonchev–Trinajstić information content (AvgIpc) is 3.45. The van der Waals surface area contributed by atoms with Crippen LogP contribution in [0.1, 0.15) is 393 Å². The third-order valence-electron chi connectivity index (χ3n) is 16.1. The number of allylic oxidation sites excluding steroid dienone is 6. The van der Waals surface area contributed by atoms with Gasteiger partial charge < -0.3 is 14.2 Å². The van der Waals surface area contributed by atoms with Gasteiger partial charge in [-0.25, -0.2) is 0 Å². The zero-order valence-corrected chi connectivity index (χ0v) is 53.4. The molecule has 0 fully saturated rings. The van der Waals surface area contributed by atoms with Gasteiger partial charge in [0.05, 0.1) is 0 Å². The summed E-state index contributed by atoms with van der Waals surface area (Å²) in [5.41, 5.74) is 0. The number of hydrogen-bond acceptors (Lipinski definition) is 6. The van der Waals surface area contributed by atoms with E-state index in [-0.39, 0.29) is 31.1 Å². The van der Waals surface area contributed by atoms with Gasteiger partial charge in [0.15, 0.2) is 6.10 Å². The quantitative estimate of drug-likeness (QED) is 0.0261. The molecule has 0 rings (SSSR count). The number of carbonyl (C=O) groups excluding carboxylic acids is 3. The molecule has 1 atom stereocenters. The molecule has 79 heavy (non-hydrogen) atoms. The molecule has 0 aliphatic rings. The highest BCUT2D eigenvalue weighted by Gasteiger charge is 2.19. The third-order valence-corrected chi connectivity index (χ3v) is 16.1. The Morgan fingerprint density at radius 1 is 0.253 bits per heavy atom. The van der Waals surface area contributed by atoms with Gasteiger partial charge >= 0.3 is 17.9 Å². The van der Waals surface area contributed by atoms with Gasteiger partial charge in [0.25, 0.3) is 0 Å². The summed E-state index contributed by atoms with van der Waals surface area (Å²) >= 11 is 0. The SMILES string of the molecule is CCCCCCC/C=C\C/C=C\C/C=C\CCCCCCCCCCC(=O)OC(COC(=O)CCCCCCCCCCCCC)COC(=O)CCCCCCCCCCCCCCCCCCCCCCCCCCCCC. The minimum atomic E-state index is -0.773. The average molecular weight is 1110 g/mol. The molecule has 0 N–H and O–H groups in total. The molecule has 6 nitrogen and oxygen atoms in total. The standard InChI is InChI=1S/C73H136O6/c1-4-7-10-13-16-19-22-24-26-28-30-32-34-35-36-37-39-40-42-44-46-48-51-54-57-60-63-66-72(75)78-69-70(68-77-71(74)65-62-59-56-53-50-21-18-15-12-9-6-3)79-73(76)67-64-61-58-55-52-49-47-45-43-41-38-33-31-29-27-25-23-20-17-14-11-8-5-2/h23,25,29,31,38,41,70H,4-22,24,26-28,30,32-37,39-40,42-69H2,1-3H3/b25-23-,31-29-,41-38-. The van der Waals surface area contributed by atoms with E-state index in [2.05, 4.69) is 57.2 Å². The van der Waals surface area contributed by atoms with Crippen LogP contribution in [0.2, 0.25) is 0 Å². The van der Waals surface area contributed by atoms with Gasteiger partial charge in [-0.3, -0.25) is 14.4 Å². The molecule has 0 radical (unpaired) electrons. The number of carbonyl (C=O) groups is 3. The highest BCUT2D eigenvalue weighted by molar-refractivity contribution is 5.71. The van der Waals surface area contributed by atoms with E-state index in [1.165, 1.54) is 276 Å². The monoisotopic (exact) mass is 1110 g/mol. The van der Waals surface area contributed by atoms with Crippen molar-refractivity contribution >= 4 is 17.9 Å². The lowest BCUT2D eigenvalue weighted by Gasteiger charge is -2.18. The minimum absolute atomic E-state index is 0.0696. The van der Waals surface area contributed by atoms with Crippen LogP contribution in [0.3, 0.4) is 0 Å². The molecule has 0 aliphatic carbocycles. The van der Waals surface area contributed by atoms with E-state index in [1.807, 2.05) is 0 Å². The Labute approximate surface area is 493 Å². The molecule has 1 unspecified atom stereocenters. The molecule has 0 saturated carbocycles. The van der Waals surface area contributed by atoms with Crippen molar-refractivity contribution in [1.29, 1.82) is 0 Å². The predicted molar refractivity (Wildman–Crippen MR) is 344 cm³/mol. The topological polar surface area (TPSA) is 78.9 Å². The van der Waals surface area contributed by atoms with E-state index in [0.29, 0.717) is 19.3 Å². The lowest BCUT2D eigenvalue weighted by Crippen LogP contribution is -2.30. The van der Waals surface area contributed by atoms with E-state index in [1.54, 1.807) is 0 Å². The van der Waals surface area contributed by atoms with E-state index in [0.717, 1.165) is 77.0 Å². The molecule has 0 aromatic rings. The normalized spacial score (nSPS) is 12.2. The fourth-order valence-electron chi connectivity index (χ4n) is 10.8. The van der Waals surface area contributed by atoms with Crippen molar-refractivity contribution < 1.29 is 28.6 Å². The van der Waals surface area contributed by atoms with Crippen molar-refractivity contribution in [3.05, 3.63) is 36.5 Å². The van der Waals surface area contributed by atoms with Crippen LogP contribution >= 0.6 is 0 Å². The van der Waals surface area contributed by atoms with Crippen LogP contribution in [0.5, 0.6) is 0 Å². The summed E-state index contributed by atoms with van der Waals surface area (Å²) < 4.78 is 17.0. The first kappa shape index (κ1) is 76.6.